The van der Waals surface area contributed by atoms with Crippen molar-refractivity contribution in [1.82, 2.24) is 34.5 Å². The van der Waals surface area contributed by atoms with Gasteiger partial charge in [-0.3, -0.25) is 34.9 Å². The number of carbonyl (C=O) groups excluding carboxylic acids is 3. The lowest BCUT2D eigenvalue weighted by Gasteiger charge is -2.48. The number of hydrogen-bond acceptors (Lipinski definition) is 12. The van der Waals surface area contributed by atoms with E-state index in [2.05, 4.69) is 77.6 Å². The van der Waals surface area contributed by atoms with Gasteiger partial charge in [0.2, 0.25) is 23.6 Å². The van der Waals surface area contributed by atoms with Gasteiger partial charge < -0.3 is 29.2 Å². The Hall–Kier alpha value is -6.00. The Labute approximate surface area is 373 Å². The van der Waals surface area contributed by atoms with Gasteiger partial charge in [0.15, 0.2) is 0 Å². The average molecular weight is 870 g/mol. The molecule has 3 amide bonds. The van der Waals surface area contributed by atoms with Gasteiger partial charge in [-0.05, 0) is 118 Å². The summed E-state index contributed by atoms with van der Waals surface area (Å²) in [6, 6.07) is 16.8. The second kappa shape index (κ2) is 17.5. The third kappa shape index (κ3) is 8.40. The van der Waals surface area contributed by atoms with Gasteiger partial charge >= 0.3 is 0 Å². The minimum absolute atomic E-state index is 0.208. The summed E-state index contributed by atoms with van der Waals surface area (Å²) in [5, 5.41) is 13.5. The van der Waals surface area contributed by atoms with Crippen LogP contribution in [0.3, 0.4) is 0 Å². The van der Waals surface area contributed by atoms with Gasteiger partial charge in [0, 0.05) is 94.2 Å². The van der Waals surface area contributed by atoms with Crippen molar-refractivity contribution in [2.75, 3.05) is 73.5 Å². The Kier molecular flexibility index (Phi) is 11.5. The molecule has 3 saturated heterocycles. The van der Waals surface area contributed by atoms with E-state index >= 15 is 0 Å². The number of nitrogens with one attached hydrogen (secondary N) is 3. The van der Waals surface area contributed by atoms with E-state index in [-0.39, 0.29) is 23.8 Å². The molecule has 64 heavy (non-hydrogen) atoms. The zero-order valence-corrected chi connectivity index (χ0v) is 37.3. The number of carbonyl (C=O) groups is 3. The molecule has 7 heterocycles. The summed E-state index contributed by atoms with van der Waals surface area (Å²) in [5.41, 5.74) is 8.99. The number of benzene rings is 2. The van der Waals surface area contributed by atoms with Crippen molar-refractivity contribution in [2.45, 2.75) is 83.5 Å². The van der Waals surface area contributed by atoms with Crippen molar-refractivity contribution in [3.63, 3.8) is 0 Å². The maximum atomic E-state index is 14.1. The third-order valence-corrected chi connectivity index (χ3v) is 14.2. The van der Waals surface area contributed by atoms with E-state index in [1.54, 1.807) is 18.0 Å². The topological polar surface area (TPSA) is 164 Å². The second-order valence-electron chi connectivity index (χ2n) is 18.6. The summed E-state index contributed by atoms with van der Waals surface area (Å²) in [7, 11) is 3.68. The van der Waals surface area contributed by atoms with E-state index in [4.69, 9.17) is 19.4 Å². The van der Waals surface area contributed by atoms with Crippen molar-refractivity contribution in [3.8, 4) is 17.1 Å². The van der Waals surface area contributed by atoms with Gasteiger partial charge in [-0.15, -0.1) is 0 Å². The number of piperazine rings is 1. The van der Waals surface area contributed by atoms with E-state index in [1.807, 2.05) is 32.2 Å². The van der Waals surface area contributed by atoms with E-state index in [1.165, 1.54) is 11.3 Å². The molecule has 1 aliphatic carbocycles. The molecule has 4 fully saturated rings. The fraction of sp³-hybridized carbons (Fsp3) is 0.500. The fourth-order valence-corrected chi connectivity index (χ4v) is 10.9. The number of aryl methyl sites for hydroxylation is 3. The number of imide groups is 1. The number of rotatable bonds is 7. The number of piperidine rings is 2. The van der Waals surface area contributed by atoms with Crippen LogP contribution in [-0.2, 0) is 27.9 Å². The van der Waals surface area contributed by atoms with Crippen LogP contribution in [0.25, 0.3) is 22.3 Å². The minimum atomic E-state index is -0.401. The van der Waals surface area contributed by atoms with Crippen LogP contribution in [0, 0.1) is 25.7 Å². The summed E-state index contributed by atoms with van der Waals surface area (Å²) < 4.78 is 16.3. The zero-order chi connectivity index (χ0) is 44.1. The molecule has 5 aromatic rings. The number of pyridine rings is 1. The van der Waals surface area contributed by atoms with Crippen LogP contribution < -0.4 is 30.5 Å². The Balaban J connectivity index is 0.842. The molecule has 16 nitrogen and oxygen atoms in total. The molecule has 4 aliphatic heterocycles. The van der Waals surface area contributed by atoms with Crippen LogP contribution in [0.1, 0.15) is 66.6 Å². The number of ether oxygens (including phenoxy) is 2. The number of imidazole rings is 1. The zero-order valence-electron chi connectivity index (χ0n) is 37.3. The Morgan fingerprint density at radius 3 is 2.53 bits per heavy atom. The van der Waals surface area contributed by atoms with Gasteiger partial charge in [-0.25, -0.2) is 9.67 Å². The molecule has 4 bridgehead atoms. The number of fused-ring (bicyclic) bond motifs is 9. The van der Waals surface area contributed by atoms with Crippen LogP contribution in [0.5, 0.6) is 5.88 Å². The van der Waals surface area contributed by atoms with Gasteiger partial charge in [0.1, 0.15) is 6.04 Å². The van der Waals surface area contributed by atoms with Crippen LogP contribution in [0.4, 0.5) is 23.0 Å². The standard InChI is InChI=1S/C48H59N11O5/c1-29-19-34(51-40-10-12-44(60)53-46(40)62)7-11-42(29)56-15-13-35(14-16-56)58-18-17-57(26-37(58)28-63-4)36-8-9-39-43(23-36)59-25-31-5-6-32(21-31)27-64-47-38(24-49-55(47)3)41-22-33(20-30(2)50-41)45(61)54-48(59)52-39/h7-9,11,19-20,22-24,31-32,35,37,40,51H,5-6,10,12-18,21,25-28H2,1-4H3,(H,52,54,61)(H,53,60,62)/t31-,32+,37+,40?/m1/s1. The number of hydrogen-bond donors (Lipinski definition) is 3. The Morgan fingerprint density at radius 2 is 1.72 bits per heavy atom. The number of amides is 3. The maximum absolute atomic E-state index is 14.1. The van der Waals surface area contributed by atoms with Gasteiger partial charge in [0.05, 0.1) is 47.7 Å². The Bertz CT molecular complexity index is 2580. The molecule has 2 aromatic carbocycles. The molecule has 16 heteroatoms. The van der Waals surface area contributed by atoms with Crippen LogP contribution in [-0.4, -0.2) is 118 Å². The number of nitrogens with zero attached hydrogens (tertiary/aromatic N) is 8. The average Bonchev–Trinajstić information content (AvgIpc) is 4.00. The van der Waals surface area contributed by atoms with Gasteiger partial charge in [0.25, 0.3) is 5.91 Å². The largest absolute Gasteiger partial charge is 0.477 e. The van der Waals surface area contributed by atoms with Gasteiger partial charge in [-0.2, -0.15) is 5.10 Å². The predicted octanol–water partition coefficient (Wildman–Crippen LogP) is 5.53. The molecule has 10 rings (SSSR count). The first-order valence-electron chi connectivity index (χ1n) is 23.0. The van der Waals surface area contributed by atoms with Crippen molar-refractivity contribution in [2.24, 2.45) is 18.9 Å². The Morgan fingerprint density at radius 1 is 0.875 bits per heavy atom. The monoisotopic (exact) mass is 869 g/mol. The molecule has 4 atom stereocenters. The highest BCUT2D eigenvalue weighted by molar-refractivity contribution is 6.05. The first kappa shape index (κ1) is 42.0. The molecule has 5 aliphatic rings. The van der Waals surface area contributed by atoms with E-state index in [9.17, 15) is 14.4 Å². The van der Waals surface area contributed by atoms with E-state index < -0.39 is 6.04 Å². The molecule has 1 saturated carbocycles. The molecular weight excluding hydrogens is 811 g/mol. The summed E-state index contributed by atoms with van der Waals surface area (Å²) in [4.78, 5) is 55.5. The van der Waals surface area contributed by atoms with Crippen molar-refractivity contribution < 1.29 is 23.9 Å². The molecule has 336 valence electrons. The highest BCUT2D eigenvalue weighted by Crippen LogP contribution is 2.38. The van der Waals surface area contributed by atoms with Crippen LogP contribution in [0.15, 0.2) is 54.7 Å². The van der Waals surface area contributed by atoms with E-state index in [0.717, 1.165) is 105 Å². The smallest absolute Gasteiger partial charge is 0.258 e. The second-order valence-corrected chi connectivity index (χ2v) is 18.6. The van der Waals surface area contributed by atoms with Crippen LogP contribution in [0.2, 0.25) is 0 Å². The van der Waals surface area contributed by atoms with E-state index in [0.29, 0.717) is 67.0 Å². The summed E-state index contributed by atoms with van der Waals surface area (Å²) >= 11 is 0. The molecule has 0 spiro atoms. The quantitative estimate of drug-likeness (QED) is 0.176. The maximum Gasteiger partial charge on any atom is 0.258 e. The minimum Gasteiger partial charge on any atom is -0.477 e. The summed E-state index contributed by atoms with van der Waals surface area (Å²) in [6.45, 7) is 10.7. The lowest BCUT2D eigenvalue weighted by atomic mass is 9.98. The first-order chi connectivity index (χ1) is 31.1. The molecule has 1 unspecified atom stereocenters. The third-order valence-electron chi connectivity index (χ3n) is 14.2. The fourth-order valence-electron chi connectivity index (χ4n) is 10.9. The molecule has 0 radical (unpaired) electrons. The first-order valence-corrected chi connectivity index (χ1v) is 23.0. The number of aromatic nitrogens is 5. The predicted molar refractivity (Wildman–Crippen MR) is 246 cm³/mol. The van der Waals surface area contributed by atoms with Gasteiger partial charge in [-0.1, -0.05) is 0 Å². The lowest BCUT2D eigenvalue weighted by molar-refractivity contribution is -0.133. The SMILES string of the molecule is COC[C@@H]1CN(c2ccc3nc4n(c3c2)C[C@@H]2CC[C@H](COc3c(cnn3C)-c3cc(cc(C)n3)C(=O)N4)C2)CCN1C1CCN(c2ccc(NC3CCC(=O)NC3=O)cc2C)CC1. The normalized spacial score (nSPS) is 23.5. The lowest BCUT2D eigenvalue weighted by Crippen LogP contribution is -2.60. The summed E-state index contributed by atoms with van der Waals surface area (Å²) in [6.07, 6.45) is 7.93. The highest BCUT2D eigenvalue weighted by Gasteiger charge is 2.35. The summed E-state index contributed by atoms with van der Waals surface area (Å²) in [5.74, 6) is 1.36. The van der Waals surface area contributed by atoms with Crippen molar-refractivity contribution in [1.29, 1.82) is 0 Å². The highest BCUT2D eigenvalue weighted by atomic mass is 16.5. The van der Waals surface area contributed by atoms with Crippen LogP contribution >= 0.6 is 0 Å². The van der Waals surface area contributed by atoms with Crippen molar-refractivity contribution >= 4 is 51.8 Å². The molecule has 3 aromatic heterocycles. The van der Waals surface area contributed by atoms with Crippen molar-refractivity contribution in [3.05, 3.63) is 71.5 Å². The number of methoxy groups -OCH3 is 1. The molecule has 3 N–H and O–H groups in total. The number of anilines is 4. The molecular formula is C48H59N11O5.